The number of aromatic nitrogens is 2. The van der Waals surface area contributed by atoms with Crippen LogP contribution >= 0.6 is 11.6 Å². The molecule has 1 heterocycles. The first-order valence-corrected chi connectivity index (χ1v) is 5.65. The normalized spacial score (nSPS) is 11.7. The van der Waals surface area contributed by atoms with Crippen molar-refractivity contribution in [3.8, 4) is 0 Å². The summed E-state index contributed by atoms with van der Waals surface area (Å²) in [4.78, 5) is 10.2. The van der Waals surface area contributed by atoms with Crippen molar-refractivity contribution in [3.63, 3.8) is 0 Å². The molecule has 1 aromatic heterocycles. The summed E-state index contributed by atoms with van der Waals surface area (Å²) in [6, 6.07) is 0. The molecule has 0 fully saturated rings. The van der Waals surface area contributed by atoms with E-state index in [1.165, 1.54) is 6.20 Å². The standard InChI is InChI=1S/C10H19ClN6/c1-10(2,17(3)4)6-14-8-7(11)5-13-9(15-8)16-12/h5H,6,12H2,1-4H3,(H2,13,14,15,16). The second kappa shape index (κ2) is 5.48. The number of hydrogen-bond donors (Lipinski definition) is 3. The number of likely N-dealkylation sites (N-methyl/N-ethyl adjacent to an activating group) is 1. The Labute approximate surface area is 107 Å². The van der Waals surface area contributed by atoms with Crippen LogP contribution in [0, 0.1) is 0 Å². The Morgan fingerprint density at radius 1 is 1.47 bits per heavy atom. The Morgan fingerprint density at radius 3 is 2.65 bits per heavy atom. The van der Waals surface area contributed by atoms with Gasteiger partial charge in [-0.1, -0.05) is 11.6 Å². The maximum Gasteiger partial charge on any atom is 0.239 e. The molecular formula is C10H19ClN6. The molecule has 0 bridgehead atoms. The van der Waals surface area contributed by atoms with E-state index in [2.05, 4.69) is 39.5 Å². The van der Waals surface area contributed by atoms with Gasteiger partial charge in [-0.05, 0) is 27.9 Å². The summed E-state index contributed by atoms with van der Waals surface area (Å²) in [6.07, 6.45) is 1.51. The van der Waals surface area contributed by atoms with Gasteiger partial charge in [0.2, 0.25) is 5.95 Å². The van der Waals surface area contributed by atoms with Crippen molar-refractivity contribution in [1.82, 2.24) is 14.9 Å². The van der Waals surface area contributed by atoms with Gasteiger partial charge in [-0.2, -0.15) is 4.98 Å². The molecule has 1 aromatic rings. The largest absolute Gasteiger partial charge is 0.367 e. The zero-order valence-corrected chi connectivity index (χ0v) is 11.3. The monoisotopic (exact) mass is 258 g/mol. The Balaban J connectivity index is 2.75. The number of rotatable bonds is 5. The fourth-order valence-electron chi connectivity index (χ4n) is 1.02. The van der Waals surface area contributed by atoms with Crippen LogP contribution in [-0.4, -0.2) is 41.0 Å². The predicted molar refractivity (Wildman–Crippen MR) is 71.1 cm³/mol. The lowest BCUT2D eigenvalue weighted by Crippen LogP contribution is -2.44. The number of hydrazine groups is 1. The molecule has 0 aliphatic heterocycles. The second-order valence-electron chi connectivity index (χ2n) is 4.59. The molecule has 96 valence electrons. The third kappa shape index (κ3) is 3.69. The van der Waals surface area contributed by atoms with E-state index in [0.717, 1.165) is 0 Å². The molecule has 0 aliphatic rings. The Kier molecular flexibility index (Phi) is 4.50. The van der Waals surface area contributed by atoms with Gasteiger partial charge in [0.1, 0.15) is 5.02 Å². The van der Waals surface area contributed by atoms with Crippen molar-refractivity contribution in [2.75, 3.05) is 31.4 Å². The third-order valence-corrected chi connectivity index (χ3v) is 3.05. The van der Waals surface area contributed by atoms with Gasteiger partial charge < -0.3 is 10.2 Å². The van der Waals surface area contributed by atoms with E-state index in [9.17, 15) is 0 Å². The van der Waals surface area contributed by atoms with Crippen LogP contribution in [0.4, 0.5) is 11.8 Å². The molecule has 0 unspecified atom stereocenters. The first-order valence-electron chi connectivity index (χ1n) is 5.27. The second-order valence-corrected chi connectivity index (χ2v) is 5.00. The third-order valence-electron chi connectivity index (χ3n) is 2.77. The number of halogens is 1. The molecule has 0 spiro atoms. The molecule has 17 heavy (non-hydrogen) atoms. The van der Waals surface area contributed by atoms with E-state index in [1.54, 1.807) is 0 Å². The van der Waals surface area contributed by atoms with Crippen LogP contribution in [-0.2, 0) is 0 Å². The summed E-state index contributed by atoms with van der Waals surface area (Å²) in [5.74, 6) is 6.15. The van der Waals surface area contributed by atoms with Gasteiger partial charge in [0.05, 0.1) is 6.20 Å². The Bertz CT molecular complexity index is 379. The lowest BCUT2D eigenvalue weighted by Gasteiger charge is -2.32. The SMILES string of the molecule is CN(C)C(C)(C)CNc1nc(NN)ncc1Cl. The predicted octanol–water partition coefficient (Wildman–Crippen LogP) is 1.17. The quantitative estimate of drug-likeness (QED) is 0.544. The molecular weight excluding hydrogens is 240 g/mol. The summed E-state index contributed by atoms with van der Waals surface area (Å²) in [5, 5.41) is 3.66. The van der Waals surface area contributed by atoms with Crippen molar-refractivity contribution >= 4 is 23.4 Å². The number of hydrogen-bond acceptors (Lipinski definition) is 6. The van der Waals surface area contributed by atoms with Crippen LogP contribution in [0.25, 0.3) is 0 Å². The molecule has 0 aromatic carbocycles. The van der Waals surface area contributed by atoms with Crippen molar-refractivity contribution in [2.24, 2.45) is 5.84 Å². The van der Waals surface area contributed by atoms with E-state index in [0.29, 0.717) is 23.3 Å². The molecule has 7 heteroatoms. The number of nitrogens with one attached hydrogen (secondary N) is 2. The average molecular weight is 259 g/mol. The first-order chi connectivity index (χ1) is 7.86. The van der Waals surface area contributed by atoms with E-state index in [1.807, 2.05) is 14.1 Å². The van der Waals surface area contributed by atoms with Gasteiger partial charge in [-0.3, -0.25) is 5.43 Å². The molecule has 0 saturated heterocycles. The van der Waals surface area contributed by atoms with Crippen LogP contribution in [0.15, 0.2) is 6.20 Å². The van der Waals surface area contributed by atoms with Crippen LogP contribution in [0.1, 0.15) is 13.8 Å². The highest BCUT2D eigenvalue weighted by Gasteiger charge is 2.20. The Hall–Kier alpha value is -1.11. The lowest BCUT2D eigenvalue weighted by atomic mass is 10.0. The fraction of sp³-hybridized carbons (Fsp3) is 0.600. The van der Waals surface area contributed by atoms with Crippen LogP contribution < -0.4 is 16.6 Å². The van der Waals surface area contributed by atoms with E-state index < -0.39 is 0 Å². The van der Waals surface area contributed by atoms with Crippen LogP contribution in [0.3, 0.4) is 0 Å². The number of nitrogens with two attached hydrogens (primary N) is 1. The number of nitrogens with zero attached hydrogens (tertiary/aromatic N) is 3. The van der Waals surface area contributed by atoms with Gasteiger partial charge >= 0.3 is 0 Å². The smallest absolute Gasteiger partial charge is 0.239 e. The van der Waals surface area contributed by atoms with E-state index >= 15 is 0 Å². The van der Waals surface area contributed by atoms with Crippen molar-refractivity contribution in [3.05, 3.63) is 11.2 Å². The molecule has 0 atom stereocenters. The molecule has 0 radical (unpaired) electrons. The minimum Gasteiger partial charge on any atom is -0.367 e. The maximum absolute atomic E-state index is 5.99. The van der Waals surface area contributed by atoms with Gasteiger partial charge in [0.25, 0.3) is 0 Å². The topological polar surface area (TPSA) is 79.1 Å². The zero-order chi connectivity index (χ0) is 13.1. The minimum atomic E-state index is -0.00934. The van der Waals surface area contributed by atoms with Crippen LogP contribution in [0.5, 0.6) is 0 Å². The lowest BCUT2D eigenvalue weighted by molar-refractivity contribution is 0.210. The molecule has 0 aliphatic carbocycles. The van der Waals surface area contributed by atoms with Crippen molar-refractivity contribution in [1.29, 1.82) is 0 Å². The maximum atomic E-state index is 5.99. The number of nitrogen functional groups attached to an aromatic ring is 1. The average Bonchev–Trinajstić information content (AvgIpc) is 2.28. The molecule has 1 rings (SSSR count). The molecule has 4 N–H and O–H groups in total. The van der Waals surface area contributed by atoms with Crippen LogP contribution in [0.2, 0.25) is 5.02 Å². The molecule has 0 amide bonds. The van der Waals surface area contributed by atoms with Gasteiger partial charge in [0, 0.05) is 12.1 Å². The minimum absolute atomic E-state index is 0.00934. The van der Waals surface area contributed by atoms with Crippen molar-refractivity contribution < 1.29 is 0 Å². The number of anilines is 2. The summed E-state index contributed by atoms with van der Waals surface area (Å²) in [5.41, 5.74) is 2.37. The van der Waals surface area contributed by atoms with Crippen molar-refractivity contribution in [2.45, 2.75) is 19.4 Å². The van der Waals surface area contributed by atoms with E-state index in [4.69, 9.17) is 17.4 Å². The van der Waals surface area contributed by atoms with E-state index in [-0.39, 0.29) is 5.54 Å². The zero-order valence-electron chi connectivity index (χ0n) is 10.6. The van der Waals surface area contributed by atoms with Gasteiger partial charge in [-0.15, -0.1) is 0 Å². The molecule has 6 nitrogen and oxygen atoms in total. The Morgan fingerprint density at radius 2 is 2.12 bits per heavy atom. The summed E-state index contributed by atoms with van der Waals surface area (Å²) >= 11 is 5.99. The first kappa shape index (κ1) is 14.0. The van der Waals surface area contributed by atoms with Gasteiger partial charge in [-0.25, -0.2) is 10.8 Å². The summed E-state index contributed by atoms with van der Waals surface area (Å²) in [6.45, 7) is 4.95. The van der Waals surface area contributed by atoms with Gasteiger partial charge in [0.15, 0.2) is 5.82 Å². The molecule has 0 saturated carbocycles. The summed E-state index contributed by atoms with van der Waals surface area (Å²) < 4.78 is 0. The highest BCUT2D eigenvalue weighted by molar-refractivity contribution is 6.32. The fourth-order valence-corrected chi connectivity index (χ4v) is 1.18. The highest BCUT2D eigenvalue weighted by atomic mass is 35.5. The highest BCUT2D eigenvalue weighted by Crippen LogP contribution is 2.20. The summed E-state index contributed by atoms with van der Waals surface area (Å²) in [7, 11) is 4.05.